The van der Waals surface area contributed by atoms with Crippen LogP contribution in [0.25, 0.3) is 32.9 Å². The minimum atomic E-state index is -1.27. The lowest BCUT2D eigenvalue weighted by Gasteiger charge is -2.50. The number of terminal acetylenes is 1. The number of amides is 1. The average Bonchev–Trinajstić information content (AvgIpc) is 3.56. The predicted molar refractivity (Wildman–Crippen MR) is 209 cm³/mol. The molecule has 0 radical (unpaired) electrons. The lowest BCUT2D eigenvalue weighted by Crippen LogP contribution is -2.57. The summed E-state index contributed by atoms with van der Waals surface area (Å²) in [7, 11) is 2.80. The number of phenols is 1. The Morgan fingerprint density at radius 1 is 1.05 bits per heavy atom. The number of rotatable bonds is 7. The van der Waals surface area contributed by atoms with E-state index in [2.05, 4.69) is 15.8 Å². The molecule has 2 aromatic heterocycles. The SMILES string of the molecule is C#Cc1c(F)ccc2cc(O)cc(-c3nc(OC)c4c(N5CCOCC(C)(O)C5)nc(OCC56CCCC5N(C5CCN(C(=O)OC)CC5)CCC6)nc4c3F)c12. The molecule has 3 atom stereocenters. The van der Waals surface area contributed by atoms with Crippen LogP contribution in [0.2, 0.25) is 0 Å². The van der Waals surface area contributed by atoms with E-state index in [1.807, 2.05) is 0 Å². The average molecular weight is 787 g/mol. The molecule has 57 heavy (non-hydrogen) atoms. The molecule has 4 aliphatic rings. The highest BCUT2D eigenvalue weighted by Gasteiger charge is 2.50. The van der Waals surface area contributed by atoms with Gasteiger partial charge in [-0.3, -0.25) is 4.90 Å². The number of piperidine rings is 2. The van der Waals surface area contributed by atoms with E-state index in [1.54, 1.807) is 16.7 Å². The highest BCUT2D eigenvalue weighted by Crippen LogP contribution is 2.50. The number of hydrogen-bond acceptors (Lipinski definition) is 12. The van der Waals surface area contributed by atoms with Crippen LogP contribution in [0.15, 0.2) is 24.3 Å². The Kier molecular flexibility index (Phi) is 10.5. The second-order valence-electron chi connectivity index (χ2n) is 16.1. The van der Waals surface area contributed by atoms with Crippen LogP contribution >= 0.6 is 0 Å². The lowest BCUT2D eigenvalue weighted by molar-refractivity contribution is -0.0352. The van der Waals surface area contributed by atoms with Gasteiger partial charge in [0.25, 0.3) is 0 Å². The van der Waals surface area contributed by atoms with Crippen molar-refractivity contribution in [2.24, 2.45) is 5.41 Å². The van der Waals surface area contributed by atoms with Gasteiger partial charge in [0.05, 0.1) is 46.1 Å². The number of hydrogen-bond donors (Lipinski definition) is 2. The molecule has 5 heterocycles. The molecule has 1 aliphatic carbocycles. The Balaban J connectivity index is 1.21. The number of ether oxygens (including phenoxy) is 4. The zero-order chi connectivity index (χ0) is 40.1. The largest absolute Gasteiger partial charge is 0.508 e. The fraction of sp³-hybridized carbons (Fsp3) is 0.524. The quantitative estimate of drug-likeness (QED) is 0.224. The van der Waals surface area contributed by atoms with E-state index in [0.29, 0.717) is 37.7 Å². The second-order valence-corrected chi connectivity index (χ2v) is 16.1. The highest BCUT2D eigenvalue weighted by molar-refractivity contribution is 6.04. The Bertz CT molecular complexity index is 2240. The number of benzene rings is 2. The molecule has 1 saturated carbocycles. The minimum absolute atomic E-state index is 0.0291. The number of anilines is 1. The summed E-state index contributed by atoms with van der Waals surface area (Å²) in [4.78, 5) is 32.5. The minimum Gasteiger partial charge on any atom is -0.508 e. The number of halogens is 2. The van der Waals surface area contributed by atoms with Gasteiger partial charge in [0, 0.05) is 48.1 Å². The summed E-state index contributed by atoms with van der Waals surface area (Å²) in [5.41, 5.74) is -1.94. The Morgan fingerprint density at radius 3 is 2.60 bits per heavy atom. The van der Waals surface area contributed by atoms with E-state index >= 15 is 8.78 Å². The van der Waals surface area contributed by atoms with Crippen molar-refractivity contribution in [3.63, 3.8) is 0 Å². The van der Waals surface area contributed by atoms with Crippen LogP contribution in [0, 0.1) is 29.4 Å². The van der Waals surface area contributed by atoms with Crippen LogP contribution in [0.3, 0.4) is 0 Å². The lowest BCUT2D eigenvalue weighted by atomic mass is 9.74. The van der Waals surface area contributed by atoms with E-state index in [9.17, 15) is 15.0 Å². The van der Waals surface area contributed by atoms with Crippen molar-refractivity contribution in [1.82, 2.24) is 24.8 Å². The monoisotopic (exact) mass is 786 g/mol. The fourth-order valence-electron chi connectivity index (χ4n) is 9.75. The molecule has 2 aromatic carbocycles. The van der Waals surface area contributed by atoms with Crippen molar-refractivity contribution >= 4 is 33.6 Å². The second kappa shape index (κ2) is 15.4. The van der Waals surface area contributed by atoms with Gasteiger partial charge in [0.1, 0.15) is 39.6 Å². The number of carbonyl (C=O) groups excluding carboxylic acids is 1. The summed E-state index contributed by atoms with van der Waals surface area (Å²) in [6.07, 6.45) is 12.2. The number of likely N-dealkylation sites (tertiary alicyclic amines) is 2. The molecule has 302 valence electrons. The summed E-state index contributed by atoms with van der Waals surface area (Å²) in [6.45, 7) is 4.99. The number of pyridine rings is 1. The molecule has 3 unspecified atom stereocenters. The fourth-order valence-corrected chi connectivity index (χ4v) is 9.75. The summed E-state index contributed by atoms with van der Waals surface area (Å²) >= 11 is 0. The van der Waals surface area contributed by atoms with Gasteiger partial charge in [0.2, 0.25) is 5.88 Å². The molecule has 0 spiro atoms. The maximum absolute atomic E-state index is 17.4. The van der Waals surface area contributed by atoms with Crippen molar-refractivity contribution in [3.8, 4) is 41.2 Å². The van der Waals surface area contributed by atoms with Gasteiger partial charge in [-0.05, 0) is 75.6 Å². The molecule has 3 aliphatic heterocycles. The first-order chi connectivity index (χ1) is 27.5. The first-order valence-corrected chi connectivity index (χ1v) is 19.6. The number of aliphatic hydroxyl groups is 1. The number of phenolic OH excluding ortho intramolecular Hbond substituents is 1. The zero-order valence-electron chi connectivity index (χ0n) is 32.5. The molecule has 15 heteroatoms. The highest BCUT2D eigenvalue weighted by atomic mass is 19.1. The molecule has 2 N–H and O–H groups in total. The van der Waals surface area contributed by atoms with Crippen LogP contribution in [0.4, 0.5) is 19.4 Å². The van der Waals surface area contributed by atoms with Gasteiger partial charge in [0.15, 0.2) is 5.82 Å². The third-order valence-corrected chi connectivity index (χ3v) is 12.3. The summed E-state index contributed by atoms with van der Waals surface area (Å²) in [6, 6.07) is 5.90. The number of nitrogens with zero attached hydrogens (tertiary/aromatic N) is 6. The first-order valence-electron chi connectivity index (χ1n) is 19.6. The molecule has 3 saturated heterocycles. The molecular weight excluding hydrogens is 738 g/mol. The van der Waals surface area contributed by atoms with Crippen molar-refractivity contribution in [2.45, 2.75) is 69.6 Å². The van der Waals surface area contributed by atoms with Crippen LogP contribution in [-0.4, -0.2) is 126 Å². The third-order valence-electron chi connectivity index (χ3n) is 12.3. The van der Waals surface area contributed by atoms with Crippen molar-refractivity contribution < 1.29 is 42.7 Å². The Labute approximate surface area is 329 Å². The van der Waals surface area contributed by atoms with E-state index in [4.69, 9.17) is 35.3 Å². The first kappa shape index (κ1) is 38.8. The van der Waals surface area contributed by atoms with Gasteiger partial charge in [-0.15, -0.1) is 6.42 Å². The van der Waals surface area contributed by atoms with Crippen LogP contribution in [0.1, 0.15) is 57.4 Å². The van der Waals surface area contributed by atoms with Crippen molar-refractivity contribution in [1.29, 1.82) is 0 Å². The number of fused-ring (bicyclic) bond motifs is 3. The predicted octanol–water partition coefficient (Wildman–Crippen LogP) is 5.65. The van der Waals surface area contributed by atoms with Gasteiger partial charge in [-0.2, -0.15) is 9.97 Å². The standard InChI is InChI=1S/C42H48F2N6O7/c1-5-28-30(43)10-9-25-20-27(51)21-29(32(25)28)35-34(44)36-33(38(45-35)54-3)37(49-18-19-56-23-41(2,53)22-49)47-39(46-36)57-24-42-13-6-8-31(42)50(15-7-14-42)26-11-16-48(17-12-26)40(52)55-4/h1,9-10,20-21,26,31,51,53H,6-8,11-19,22-24H2,2-4H3. The summed E-state index contributed by atoms with van der Waals surface area (Å²) in [5, 5.41) is 22.7. The number of methoxy groups -OCH3 is 2. The van der Waals surface area contributed by atoms with E-state index in [0.717, 1.165) is 51.5 Å². The molecule has 8 rings (SSSR count). The maximum atomic E-state index is 17.4. The molecule has 0 bridgehead atoms. The Hall–Kier alpha value is -5.04. The van der Waals surface area contributed by atoms with Crippen LogP contribution < -0.4 is 14.4 Å². The van der Waals surface area contributed by atoms with E-state index in [1.165, 1.54) is 38.5 Å². The molecular formula is C42H48F2N6O7. The summed E-state index contributed by atoms with van der Waals surface area (Å²) < 4.78 is 55.6. The van der Waals surface area contributed by atoms with Crippen molar-refractivity contribution in [2.75, 3.05) is 71.7 Å². The van der Waals surface area contributed by atoms with Crippen LogP contribution in [-0.2, 0) is 9.47 Å². The van der Waals surface area contributed by atoms with Gasteiger partial charge < -0.3 is 39.0 Å². The van der Waals surface area contributed by atoms with Gasteiger partial charge in [-0.25, -0.2) is 18.6 Å². The van der Waals surface area contributed by atoms with Gasteiger partial charge in [-0.1, -0.05) is 18.4 Å². The number of carbonyl (C=O) groups is 1. The number of β-amino-alcohol motifs (C(OH)–C–C–N with tert-alkyl or cyclic N) is 1. The van der Waals surface area contributed by atoms with Crippen molar-refractivity contribution in [3.05, 3.63) is 41.5 Å². The van der Waals surface area contributed by atoms with Gasteiger partial charge >= 0.3 is 12.1 Å². The normalized spacial score (nSPS) is 24.6. The molecule has 1 amide bonds. The van der Waals surface area contributed by atoms with E-state index in [-0.39, 0.29) is 93.9 Å². The number of aromatic nitrogens is 3. The van der Waals surface area contributed by atoms with E-state index < -0.39 is 17.2 Å². The zero-order valence-corrected chi connectivity index (χ0v) is 32.5. The molecule has 13 nitrogen and oxygen atoms in total. The molecule has 4 aromatic rings. The Morgan fingerprint density at radius 2 is 1.84 bits per heavy atom. The number of aromatic hydroxyl groups is 1. The maximum Gasteiger partial charge on any atom is 0.409 e. The molecule has 4 fully saturated rings. The summed E-state index contributed by atoms with van der Waals surface area (Å²) in [5.74, 6) is 0.829. The third kappa shape index (κ3) is 7.12. The topological polar surface area (TPSA) is 143 Å². The van der Waals surface area contributed by atoms with Crippen LogP contribution in [0.5, 0.6) is 17.6 Å². The smallest absolute Gasteiger partial charge is 0.409 e.